The van der Waals surface area contributed by atoms with E-state index in [1.807, 2.05) is 6.07 Å². The number of likely N-dealkylation sites (N-methyl/N-ethyl adjacent to an activating group) is 1. The second-order valence-electron chi connectivity index (χ2n) is 4.65. The first-order chi connectivity index (χ1) is 10.1. The van der Waals surface area contributed by atoms with Crippen molar-refractivity contribution in [2.24, 2.45) is 0 Å². The van der Waals surface area contributed by atoms with E-state index in [1.165, 1.54) is 7.05 Å². The Morgan fingerprint density at radius 3 is 2.62 bits per heavy atom. The number of carbonyl (C=O) groups excluding carboxylic acids is 2. The lowest BCUT2D eigenvalue weighted by Gasteiger charge is -2.34. The van der Waals surface area contributed by atoms with Crippen molar-refractivity contribution >= 4 is 23.5 Å². The van der Waals surface area contributed by atoms with Crippen LogP contribution in [0.25, 0.3) is 0 Å². The zero-order chi connectivity index (χ0) is 15.2. The van der Waals surface area contributed by atoms with Gasteiger partial charge in [0.1, 0.15) is 5.82 Å². The van der Waals surface area contributed by atoms with Gasteiger partial charge in [-0.25, -0.2) is 9.78 Å². The summed E-state index contributed by atoms with van der Waals surface area (Å²) in [5.41, 5.74) is 6.22. The van der Waals surface area contributed by atoms with E-state index in [2.05, 4.69) is 15.2 Å². The fraction of sp³-hybridized carbons (Fsp3) is 0.462. The summed E-state index contributed by atoms with van der Waals surface area (Å²) < 4.78 is 4.92. The molecule has 8 nitrogen and oxygen atoms in total. The van der Waals surface area contributed by atoms with Crippen molar-refractivity contribution in [2.75, 3.05) is 50.5 Å². The normalized spacial score (nSPS) is 14.7. The molecular weight excluding hydrogens is 274 g/mol. The van der Waals surface area contributed by atoms with E-state index < -0.39 is 6.09 Å². The molecule has 0 saturated carbocycles. The second kappa shape index (κ2) is 6.78. The topological polar surface area (TPSA) is 101 Å². The van der Waals surface area contributed by atoms with Gasteiger partial charge in [-0.3, -0.25) is 4.79 Å². The van der Waals surface area contributed by atoms with Crippen LogP contribution >= 0.6 is 0 Å². The number of nitrogens with one attached hydrogen (secondary N) is 1. The number of pyridine rings is 1. The fourth-order valence-corrected chi connectivity index (χ4v) is 1.99. The first-order valence-electron chi connectivity index (χ1n) is 6.69. The Hall–Kier alpha value is -2.51. The van der Waals surface area contributed by atoms with Crippen molar-refractivity contribution in [3.8, 4) is 0 Å². The van der Waals surface area contributed by atoms with Crippen molar-refractivity contribution < 1.29 is 14.3 Å². The summed E-state index contributed by atoms with van der Waals surface area (Å²) in [7, 11) is 1.49. The van der Waals surface area contributed by atoms with Gasteiger partial charge in [0.15, 0.2) is 6.61 Å². The quantitative estimate of drug-likeness (QED) is 0.791. The molecule has 0 aromatic carbocycles. The first kappa shape index (κ1) is 14.9. The molecule has 0 radical (unpaired) electrons. The number of amides is 2. The number of ether oxygens (including phenoxy) is 1. The first-order valence-corrected chi connectivity index (χ1v) is 6.69. The predicted molar refractivity (Wildman–Crippen MR) is 77.9 cm³/mol. The number of piperazine rings is 1. The Morgan fingerprint density at radius 2 is 2.05 bits per heavy atom. The fourth-order valence-electron chi connectivity index (χ4n) is 1.99. The molecule has 3 N–H and O–H groups in total. The molecular formula is C13H19N5O3. The average molecular weight is 293 g/mol. The minimum Gasteiger partial charge on any atom is -0.439 e. The maximum absolute atomic E-state index is 11.8. The number of nitrogens with zero attached hydrogens (tertiary/aromatic N) is 3. The maximum atomic E-state index is 11.8. The molecule has 1 aromatic heterocycles. The average Bonchev–Trinajstić information content (AvgIpc) is 2.53. The molecule has 1 aliphatic rings. The van der Waals surface area contributed by atoms with E-state index in [-0.39, 0.29) is 12.5 Å². The van der Waals surface area contributed by atoms with Crippen LogP contribution in [0.15, 0.2) is 18.3 Å². The molecule has 0 spiro atoms. The number of aromatic nitrogens is 1. The molecule has 2 heterocycles. The van der Waals surface area contributed by atoms with E-state index in [4.69, 9.17) is 10.5 Å². The molecule has 21 heavy (non-hydrogen) atoms. The third kappa shape index (κ3) is 3.98. The van der Waals surface area contributed by atoms with Crippen LogP contribution in [0.3, 0.4) is 0 Å². The van der Waals surface area contributed by atoms with Crippen molar-refractivity contribution in [1.29, 1.82) is 0 Å². The molecule has 1 fully saturated rings. The molecule has 0 aliphatic carbocycles. The lowest BCUT2D eigenvalue weighted by Crippen LogP contribution is -2.49. The van der Waals surface area contributed by atoms with Gasteiger partial charge >= 0.3 is 6.09 Å². The van der Waals surface area contributed by atoms with Crippen LogP contribution in [-0.4, -0.2) is 61.7 Å². The molecule has 2 rings (SSSR count). The van der Waals surface area contributed by atoms with Crippen LogP contribution in [0.5, 0.6) is 0 Å². The van der Waals surface area contributed by atoms with Gasteiger partial charge in [-0.15, -0.1) is 0 Å². The van der Waals surface area contributed by atoms with E-state index in [0.717, 1.165) is 5.82 Å². The smallest absolute Gasteiger partial charge is 0.410 e. The minimum atomic E-state index is -0.469. The van der Waals surface area contributed by atoms with E-state index >= 15 is 0 Å². The number of hydrogen-bond acceptors (Lipinski definition) is 6. The SMILES string of the molecule is CNC(=O)COC(=O)N1CCN(c2ccc(N)cn2)CC1. The van der Waals surface area contributed by atoms with Crippen molar-refractivity contribution in [3.63, 3.8) is 0 Å². The zero-order valence-corrected chi connectivity index (χ0v) is 11.9. The highest BCUT2D eigenvalue weighted by Crippen LogP contribution is 2.15. The van der Waals surface area contributed by atoms with Gasteiger partial charge in [-0.2, -0.15) is 0 Å². The van der Waals surface area contributed by atoms with Gasteiger partial charge < -0.3 is 25.6 Å². The summed E-state index contributed by atoms with van der Waals surface area (Å²) in [4.78, 5) is 30.7. The van der Waals surface area contributed by atoms with Gasteiger partial charge in [-0.1, -0.05) is 0 Å². The van der Waals surface area contributed by atoms with Gasteiger partial charge in [0, 0.05) is 33.2 Å². The molecule has 114 valence electrons. The lowest BCUT2D eigenvalue weighted by atomic mass is 10.3. The summed E-state index contributed by atoms with van der Waals surface area (Å²) >= 11 is 0. The standard InChI is InChI=1S/C13H19N5O3/c1-15-12(19)9-21-13(20)18-6-4-17(5-7-18)11-3-2-10(14)8-16-11/h2-3,8H,4-7,9,14H2,1H3,(H,15,19). The Bertz CT molecular complexity index is 497. The monoisotopic (exact) mass is 293 g/mol. The van der Waals surface area contributed by atoms with Crippen LogP contribution in [0, 0.1) is 0 Å². The Kier molecular flexibility index (Phi) is 4.81. The summed E-state index contributed by atoms with van der Waals surface area (Å²) in [6.07, 6.45) is 1.14. The molecule has 1 saturated heterocycles. The zero-order valence-electron chi connectivity index (χ0n) is 11.9. The highest BCUT2D eigenvalue weighted by Gasteiger charge is 2.23. The molecule has 1 aromatic rings. The number of nitrogens with two attached hydrogens (primary N) is 1. The van der Waals surface area contributed by atoms with Crippen LogP contribution in [0.4, 0.5) is 16.3 Å². The Balaban J connectivity index is 1.81. The third-order valence-corrected chi connectivity index (χ3v) is 3.24. The number of anilines is 2. The molecule has 1 aliphatic heterocycles. The van der Waals surface area contributed by atoms with Crippen LogP contribution in [0.1, 0.15) is 0 Å². The van der Waals surface area contributed by atoms with Crippen LogP contribution in [0.2, 0.25) is 0 Å². The maximum Gasteiger partial charge on any atom is 0.410 e. The van der Waals surface area contributed by atoms with Crippen LogP contribution in [-0.2, 0) is 9.53 Å². The minimum absolute atomic E-state index is 0.255. The molecule has 0 atom stereocenters. The summed E-state index contributed by atoms with van der Waals surface area (Å²) in [6, 6.07) is 3.65. The van der Waals surface area contributed by atoms with E-state index in [0.29, 0.717) is 31.9 Å². The number of nitrogen functional groups attached to an aromatic ring is 1. The molecule has 2 amide bonds. The molecule has 0 bridgehead atoms. The van der Waals surface area contributed by atoms with Gasteiger partial charge in [0.2, 0.25) is 0 Å². The van der Waals surface area contributed by atoms with E-state index in [9.17, 15) is 9.59 Å². The lowest BCUT2D eigenvalue weighted by molar-refractivity contribution is -0.123. The van der Waals surface area contributed by atoms with E-state index in [1.54, 1.807) is 17.2 Å². The number of rotatable bonds is 3. The summed E-state index contributed by atoms with van der Waals surface area (Å²) in [5, 5.41) is 2.39. The Morgan fingerprint density at radius 1 is 1.33 bits per heavy atom. The van der Waals surface area contributed by atoms with Gasteiger partial charge in [0.05, 0.1) is 11.9 Å². The van der Waals surface area contributed by atoms with Crippen LogP contribution < -0.4 is 16.0 Å². The third-order valence-electron chi connectivity index (χ3n) is 3.24. The number of hydrogen-bond donors (Lipinski definition) is 2. The summed E-state index contributed by atoms with van der Waals surface area (Å²) in [5.74, 6) is 0.510. The second-order valence-corrected chi connectivity index (χ2v) is 4.65. The number of carbonyl (C=O) groups is 2. The van der Waals surface area contributed by atoms with Crippen molar-refractivity contribution in [3.05, 3.63) is 18.3 Å². The highest BCUT2D eigenvalue weighted by molar-refractivity contribution is 5.79. The summed E-state index contributed by atoms with van der Waals surface area (Å²) in [6.45, 7) is 2.12. The molecule has 8 heteroatoms. The Labute approximate surface area is 122 Å². The highest BCUT2D eigenvalue weighted by atomic mass is 16.6. The van der Waals surface area contributed by atoms with Crippen molar-refractivity contribution in [2.45, 2.75) is 0 Å². The predicted octanol–water partition coefficient (Wildman–Crippen LogP) is -0.332. The van der Waals surface area contributed by atoms with Gasteiger partial charge in [0.25, 0.3) is 5.91 Å². The van der Waals surface area contributed by atoms with Gasteiger partial charge in [-0.05, 0) is 12.1 Å². The van der Waals surface area contributed by atoms with Crippen molar-refractivity contribution in [1.82, 2.24) is 15.2 Å². The molecule has 0 unspecified atom stereocenters. The largest absolute Gasteiger partial charge is 0.439 e.